The van der Waals surface area contributed by atoms with Crippen LogP contribution in [0.5, 0.6) is 0 Å². The van der Waals surface area contributed by atoms with Crippen molar-refractivity contribution in [2.45, 2.75) is 13.5 Å². The SMILES string of the molecule is Cc1noc(NCc2ccco2)n1. The highest BCUT2D eigenvalue weighted by molar-refractivity contribution is 5.19. The van der Waals surface area contributed by atoms with Gasteiger partial charge in [-0.15, -0.1) is 0 Å². The molecule has 0 spiro atoms. The topological polar surface area (TPSA) is 64.1 Å². The van der Waals surface area contributed by atoms with Gasteiger partial charge in [-0.05, 0) is 19.1 Å². The van der Waals surface area contributed by atoms with Crippen molar-refractivity contribution in [3.8, 4) is 0 Å². The maximum absolute atomic E-state index is 5.11. The molecule has 0 bridgehead atoms. The summed E-state index contributed by atoms with van der Waals surface area (Å²) in [6, 6.07) is 4.11. The van der Waals surface area contributed by atoms with Gasteiger partial charge in [-0.2, -0.15) is 4.98 Å². The number of hydrogen-bond donors (Lipinski definition) is 1. The molecule has 0 atom stereocenters. The van der Waals surface area contributed by atoms with Gasteiger partial charge in [0.05, 0.1) is 12.8 Å². The molecule has 0 amide bonds. The zero-order chi connectivity index (χ0) is 9.10. The Labute approximate surface area is 74.7 Å². The quantitative estimate of drug-likeness (QED) is 0.774. The van der Waals surface area contributed by atoms with Crippen LogP contribution in [0, 0.1) is 6.92 Å². The third kappa shape index (κ3) is 1.87. The minimum absolute atomic E-state index is 0.411. The van der Waals surface area contributed by atoms with Crippen molar-refractivity contribution in [1.29, 1.82) is 0 Å². The number of anilines is 1. The Morgan fingerprint density at radius 2 is 2.46 bits per heavy atom. The first-order valence-electron chi connectivity index (χ1n) is 3.91. The van der Waals surface area contributed by atoms with Gasteiger partial charge in [0.15, 0.2) is 5.82 Å². The highest BCUT2D eigenvalue weighted by atomic mass is 16.5. The number of nitrogens with zero attached hydrogens (tertiary/aromatic N) is 2. The van der Waals surface area contributed by atoms with E-state index in [9.17, 15) is 0 Å². The molecule has 68 valence electrons. The average molecular weight is 179 g/mol. The summed E-state index contributed by atoms with van der Waals surface area (Å²) in [6.07, 6.45) is 1.62. The van der Waals surface area contributed by atoms with Crippen molar-refractivity contribution < 1.29 is 8.94 Å². The summed E-state index contributed by atoms with van der Waals surface area (Å²) in [4.78, 5) is 3.98. The zero-order valence-corrected chi connectivity index (χ0v) is 7.15. The molecular formula is C8H9N3O2. The van der Waals surface area contributed by atoms with Crippen molar-refractivity contribution in [3.63, 3.8) is 0 Å². The number of aryl methyl sites for hydroxylation is 1. The van der Waals surface area contributed by atoms with Crippen LogP contribution in [0.3, 0.4) is 0 Å². The second-order valence-corrected chi connectivity index (χ2v) is 2.58. The second kappa shape index (κ2) is 3.30. The van der Waals surface area contributed by atoms with Gasteiger partial charge in [0.25, 0.3) is 0 Å². The van der Waals surface area contributed by atoms with E-state index in [-0.39, 0.29) is 0 Å². The van der Waals surface area contributed by atoms with Crippen LogP contribution in [0.4, 0.5) is 6.01 Å². The maximum atomic E-state index is 5.11. The van der Waals surface area contributed by atoms with Gasteiger partial charge in [0.2, 0.25) is 0 Å². The van der Waals surface area contributed by atoms with Crippen LogP contribution in [-0.4, -0.2) is 10.1 Å². The normalized spacial score (nSPS) is 10.2. The summed E-state index contributed by atoms with van der Waals surface area (Å²) in [5.41, 5.74) is 0. The van der Waals surface area contributed by atoms with E-state index in [4.69, 9.17) is 8.94 Å². The molecule has 2 rings (SSSR count). The molecule has 2 heterocycles. The number of aromatic nitrogens is 2. The molecule has 2 aromatic heterocycles. The molecule has 5 nitrogen and oxygen atoms in total. The Bertz CT molecular complexity index is 366. The summed E-state index contributed by atoms with van der Waals surface area (Å²) in [7, 11) is 0. The van der Waals surface area contributed by atoms with E-state index >= 15 is 0 Å². The number of hydrogen-bond acceptors (Lipinski definition) is 5. The summed E-state index contributed by atoms with van der Waals surface area (Å²) in [6.45, 7) is 2.32. The molecule has 0 radical (unpaired) electrons. The molecule has 1 N–H and O–H groups in total. The minimum Gasteiger partial charge on any atom is -0.467 e. The van der Waals surface area contributed by atoms with Crippen molar-refractivity contribution in [2.24, 2.45) is 0 Å². The van der Waals surface area contributed by atoms with Gasteiger partial charge >= 0.3 is 6.01 Å². The van der Waals surface area contributed by atoms with Gasteiger partial charge in [-0.1, -0.05) is 5.16 Å². The molecule has 0 unspecified atom stereocenters. The molecule has 0 fully saturated rings. The standard InChI is InChI=1S/C8H9N3O2/c1-6-10-8(13-11-6)9-5-7-3-2-4-12-7/h2-4H,5H2,1H3,(H,9,10,11). The molecule has 0 saturated heterocycles. The first kappa shape index (κ1) is 7.85. The average Bonchev–Trinajstić information content (AvgIpc) is 2.71. The largest absolute Gasteiger partial charge is 0.467 e. The Balaban J connectivity index is 1.93. The summed E-state index contributed by atoms with van der Waals surface area (Å²) < 4.78 is 9.96. The Kier molecular flexibility index (Phi) is 1.99. The molecule has 0 aliphatic heterocycles. The smallest absolute Gasteiger partial charge is 0.321 e. The van der Waals surface area contributed by atoms with Crippen LogP contribution in [0.1, 0.15) is 11.6 Å². The third-order valence-corrected chi connectivity index (χ3v) is 1.52. The number of nitrogens with one attached hydrogen (secondary N) is 1. The second-order valence-electron chi connectivity index (χ2n) is 2.58. The van der Waals surface area contributed by atoms with Crippen LogP contribution in [0.2, 0.25) is 0 Å². The third-order valence-electron chi connectivity index (χ3n) is 1.52. The molecule has 0 saturated carbocycles. The monoisotopic (exact) mass is 179 g/mol. The fraction of sp³-hybridized carbons (Fsp3) is 0.250. The van der Waals surface area contributed by atoms with E-state index in [1.807, 2.05) is 12.1 Å². The molecule has 0 aromatic carbocycles. The minimum atomic E-state index is 0.411. The van der Waals surface area contributed by atoms with Crippen LogP contribution < -0.4 is 5.32 Å². The Hall–Kier alpha value is -1.78. The number of rotatable bonds is 3. The van der Waals surface area contributed by atoms with Crippen LogP contribution >= 0.6 is 0 Å². The van der Waals surface area contributed by atoms with E-state index in [1.54, 1.807) is 13.2 Å². The summed E-state index contributed by atoms with van der Waals surface area (Å²) in [5, 5.41) is 6.57. The van der Waals surface area contributed by atoms with Crippen LogP contribution in [-0.2, 0) is 6.54 Å². The van der Waals surface area contributed by atoms with Crippen molar-refractivity contribution in [2.75, 3.05) is 5.32 Å². The highest BCUT2D eigenvalue weighted by Crippen LogP contribution is 2.06. The van der Waals surface area contributed by atoms with Crippen molar-refractivity contribution >= 4 is 6.01 Å². The molecular weight excluding hydrogens is 170 g/mol. The Morgan fingerprint density at radius 1 is 1.54 bits per heavy atom. The lowest BCUT2D eigenvalue weighted by atomic mass is 10.4. The summed E-state index contributed by atoms with van der Waals surface area (Å²) in [5.74, 6) is 1.44. The van der Waals surface area contributed by atoms with Gasteiger partial charge in [0, 0.05) is 0 Å². The first-order valence-corrected chi connectivity index (χ1v) is 3.91. The van der Waals surface area contributed by atoms with E-state index in [0.29, 0.717) is 18.4 Å². The Morgan fingerprint density at radius 3 is 3.08 bits per heavy atom. The predicted molar refractivity (Wildman–Crippen MR) is 45.1 cm³/mol. The van der Waals surface area contributed by atoms with E-state index in [1.165, 1.54) is 0 Å². The predicted octanol–water partition coefficient (Wildman–Crippen LogP) is 1.58. The summed E-state index contributed by atoms with van der Waals surface area (Å²) >= 11 is 0. The maximum Gasteiger partial charge on any atom is 0.321 e. The van der Waals surface area contributed by atoms with E-state index in [2.05, 4.69) is 15.5 Å². The molecule has 0 aliphatic rings. The van der Waals surface area contributed by atoms with Crippen molar-refractivity contribution in [1.82, 2.24) is 10.1 Å². The van der Waals surface area contributed by atoms with E-state index in [0.717, 1.165) is 5.76 Å². The number of furan rings is 1. The zero-order valence-electron chi connectivity index (χ0n) is 7.15. The van der Waals surface area contributed by atoms with Crippen molar-refractivity contribution in [3.05, 3.63) is 30.0 Å². The molecule has 2 aromatic rings. The fourth-order valence-electron chi connectivity index (χ4n) is 0.945. The van der Waals surface area contributed by atoms with E-state index < -0.39 is 0 Å². The highest BCUT2D eigenvalue weighted by Gasteiger charge is 2.01. The fourth-order valence-corrected chi connectivity index (χ4v) is 0.945. The lowest BCUT2D eigenvalue weighted by molar-refractivity contribution is 0.422. The molecule has 5 heteroatoms. The molecule has 13 heavy (non-hydrogen) atoms. The van der Waals surface area contributed by atoms with Gasteiger partial charge in [-0.3, -0.25) is 0 Å². The van der Waals surface area contributed by atoms with Crippen LogP contribution in [0.25, 0.3) is 0 Å². The van der Waals surface area contributed by atoms with Gasteiger partial charge in [-0.25, -0.2) is 0 Å². The molecule has 0 aliphatic carbocycles. The van der Waals surface area contributed by atoms with Gasteiger partial charge < -0.3 is 14.3 Å². The first-order chi connectivity index (χ1) is 6.34. The lowest BCUT2D eigenvalue weighted by Gasteiger charge is -1.95. The van der Waals surface area contributed by atoms with Crippen LogP contribution in [0.15, 0.2) is 27.3 Å². The lowest BCUT2D eigenvalue weighted by Crippen LogP contribution is -1.97. The van der Waals surface area contributed by atoms with Gasteiger partial charge in [0.1, 0.15) is 5.76 Å².